The Labute approximate surface area is 171 Å². The Hall–Kier alpha value is -2.26. The van der Waals surface area contributed by atoms with Gasteiger partial charge in [-0.2, -0.15) is 0 Å². The van der Waals surface area contributed by atoms with Crippen molar-refractivity contribution < 1.29 is 13.2 Å². The molecule has 2 aromatic carbocycles. The van der Waals surface area contributed by atoms with Gasteiger partial charge < -0.3 is 0 Å². The van der Waals surface area contributed by atoms with Gasteiger partial charge in [0.2, 0.25) is 10.0 Å². The van der Waals surface area contributed by atoms with Gasteiger partial charge in [0, 0.05) is 27.6 Å². The number of benzene rings is 2. The Morgan fingerprint density at radius 3 is 2.61 bits per heavy atom. The van der Waals surface area contributed by atoms with Gasteiger partial charge in [-0.15, -0.1) is 11.3 Å². The van der Waals surface area contributed by atoms with Crippen LogP contribution in [0.4, 0.5) is 5.13 Å². The highest BCUT2D eigenvalue weighted by Crippen LogP contribution is 2.27. The fraction of sp³-hybridized carbons (Fsp3) is 0.158. The zero-order valence-electron chi connectivity index (χ0n) is 14.6. The summed E-state index contributed by atoms with van der Waals surface area (Å²) in [6, 6.07) is 13.2. The first kappa shape index (κ1) is 19.1. The standard InChI is InChI=1S/C19H16ClN3O3S2/c20-14-6-4-12(5-7-14)17-11-27-19(21-17)22-18(24)13-2-1-3-16(10-13)28(25,26)23-15-8-9-15/h1-7,10-11,15,23H,8-9H2,(H,21,22,24). The third kappa shape index (κ3) is 4.41. The number of carbonyl (C=O) groups is 1. The summed E-state index contributed by atoms with van der Waals surface area (Å²) in [5.41, 5.74) is 1.87. The van der Waals surface area contributed by atoms with Crippen LogP contribution in [-0.4, -0.2) is 25.4 Å². The molecule has 144 valence electrons. The first-order valence-electron chi connectivity index (χ1n) is 8.56. The lowest BCUT2D eigenvalue weighted by Crippen LogP contribution is -2.26. The van der Waals surface area contributed by atoms with Crippen LogP contribution in [0.3, 0.4) is 0 Å². The molecule has 0 atom stereocenters. The third-order valence-corrected chi connectivity index (χ3v) is 6.70. The van der Waals surface area contributed by atoms with Crippen LogP contribution in [0.15, 0.2) is 58.8 Å². The van der Waals surface area contributed by atoms with Crippen LogP contribution in [0, 0.1) is 0 Å². The van der Waals surface area contributed by atoms with Gasteiger partial charge in [0.15, 0.2) is 5.13 Å². The Balaban J connectivity index is 1.49. The summed E-state index contributed by atoms with van der Waals surface area (Å²) in [6.45, 7) is 0. The van der Waals surface area contributed by atoms with Crippen molar-refractivity contribution in [2.45, 2.75) is 23.8 Å². The number of hydrogen-bond donors (Lipinski definition) is 2. The van der Waals surface area contributed by atoms with Gasteiger partial charge in [0.1, 0.15) is 0 Å². The van der Waals surface area contributed by atoms with Gasteiger partial charge in [0.25, 0.3) is 5.91 Å². The minimum atomic E-state index is -3.62. The molecular formula is C19H16ClN3O3S2. The maximum atomic E-state index is 12.5. The summed E-state index contributed by atoms with van der Waals surface area (Å²) in [5.74, 6) is -0.416. The lowest BCUT2D eigenvalue weighted by atomic mass is 10.2. The fourth-order valence-corrected chi connectivity index (χ4v) is 4.74. The average Bonchev–Trinajstić information content (AvgIpc) is 3.36. The summed E-state index contributed by atoms with van der Waals surface area (Å²) < 4.78 is 27.3. The Morgan fingerprint density at radius 2 is 1.89 bits per heavy atom. The maximum Gasteiger partial charge on any atom is 0.257 e. The second kappa shape index (κ2) is 7.63. The van der Waals surface area contributed by atoms with Crippen molar-refractivity contribution in [2.75, 3.05) is 5.32 Å². The fourth-order valence-electron chi connectivity index (χ4n) is 2.55. The largest absolute Gasteiger partial charge is 0.298 e. The number of carbonyl (C=O) groups excluding carboxylic acids is 1. The van der Waals surface area contributed by atoms with Crippen molar-refractivity contribution in [1.82, 2.24) is 9.71 Å². The summed E-state index contributed by atoms with van der Waals surface area (Å²) >= 11 is 7.19. The second-order valence-electron chi connectivity index (χ2n) is 6.42. The van der Waals surface area contributed by atoms with E-state index in [1.165, 1.54) is 23.5 Å². The molecule has 0 unspecified atom stereocenters. The monoisotopic (exact) mass is 433 g/mol. The van der Waals surface area contributed by atoms with Crippen LogP contribution in [0.1, 0.15) is 23.2 Å². The predicted molar refractivity (Wildman–Crippen MR) is 110 cm³/mol. The van der Waals surface area contributed by atoms with Crippen molar-refractivity contribution in [3.63, 3.8) is 0 Å². The molecule has 2 N–H and O–H groups in total. The number of anilines is 1. The van der Waals surface area contributed by atoms with Crippen molar-refractivity contribution >= 4 is 44.0 Å². The molecule has 1 saturated carbocycles. The highest BCUT2D eigenvalue weighted by atomic mass is 35.5. The van der Waals surface area contributed by atoms with E-state index in [1.807, 2.05) is 17.5 Å². The molecule has 0 radical (unpaired) electrons. The van der Waals surface area contributed by atoms with E-state index in [0.717, 1.165) is 24.1 Å². The zero-order chi connectivity index (χ0) is 19.7. The predicted octanol–water partition coefficient (Wildman–Crippen LogP) is 4.16. The Kier molecular flexibility index (Phi) is 5.20. The van der Waals surface area contributed by atoms with E-state index in [9.17, 15) is 13.2 Å². The van der Waals surface area contributed by atoms with Gasteiger partial charge in [-0.1, -0.05) is 29.8 Å². The van der Waals surface area contributed by atoms with Crippen LogP contribution in [0.25, 0.3) is 11.3 Å². The van der Waals surface area contributed by atoms with Crippen LogP contribution < -0.4 is 10.0 Å². The minimum Gasteiger partial charge on any atom is -0.298 e. The number of sulfonamides is 1. The first-order chi connectivity index (χ1) is 13.4. The van der Waals surface area contributed by atoms with E-state index < -0.39 is 15.9 Å². The smallest absolute Gasteiger partial charge is 0.257 e. The summed E-state index contributed by atoms with van der Waals surface area (Å²) in [5, 5.41) is 5.62. The van der Waals surface area contributed by atoms with Crippen LogP contribution in [-0.2, 0) is 10.0 Å². The lowest BCUT2D eigenvalue weighted by Gasteiger charge is -2.07. The molecule has 28 heavy (non-hydrogen) atoms. The molecule has 1 aliphatic rings. The quantitative estimate of drug-likeness (QED) is 0.611. The zero-order valence-corrected chi connectivity index (χ0v) is 16.9. The van der Waals surface area contributed by atoms with Crippen molar-refractivity contribution in [2.24, 2.45) is 0 Å². The van der Waals surface area contributed by atoms with E-state index in [-0.39, 0.29) is 16.5 Å². The molecule has 0 spiro atoms. The second-order valence-corrected chi connectivity index (χ2v) is 9.43. The molecule has 0 bridgehead atoms. The lowest BCUT2D eigenvalue weighted by molar-refractivity contribution is 0.102. The molecule has 9 heteroatoms. The minimum absolute atomic E-state index is 0.00379. The van der Waals surface area contributed by atoms with Crippen LogP contribution in [0.5, 0.6) is 0 Å². The van der Waals surface area contributed by atoms with Gasteiger partial charge in [-0.25, -0.2) is 18.1 Å². The van der Waals surface area contributed by atoms with E-state index in [1.54, 1.807) is 24.3 Å². The summed E-state index contributed by atoms with van der Waals surface area (Å²) in [7, 11) is -3.62. The highest BCUT2D eigenvalue weighted by molar-refractivity contribution is 7.89. The van der Waals surface area contributed by atoms with E-state index in [0.29, 0.717) is 10.2 Å². The number of aromatic nitrogens is 1. The summed E-state index contributed by atoms with van der Waals surface area (Å²) in [4.78, 5) is 17.0. The molecular weight excluding hydrogens is 418 g/mol. The molecule has 1 aliphatic carbocycles. The normalized spacial score (nSPS) is 14.0. The van der Waals surface area contributed by atoms with Crippen LogP contribution >= 0.6 is 22.9 Å². The van der Waals surface area contributed by atoms with Gasteiger partial charge >= 0.3 is 0 Å². The number of hydrogen-bond acceptors (Lipinski definition) is 5. The molecule has 0 saturated heterocycles. The van der Waals surface area contributed by atoms with Crippen molar-refractivity contribution in [3.8, 4) is 11.3 Å². The maximum absolute atomic E-state index is 12.5. The molecule has 1 heterocycles. The SMILES string of the molecule is O=C(Nc1nc(-c2ccc(Cl)cc2)cs1)c1cccc(S(=O)(=O)NC2CC2)c1. The molecule has 1 amide bonds. The van der Waals surface area contributed by atoms with Gasteiger partial charge in [-0.3, -0.25) is 10.1 Å². The number of nitrogens with one attached hydrogen (secondary N) is 2. The Bertz CT molecular complexity index is 1120. The first-order valence-corrected chi connectivity index (χ1v) is 11.3. The molecule has 3 aromatic rings. The van der Waals surface area contributed by atoms with Crippen LogP contribution in [0.2, 0.25) is 5.02 Å². The molecule has 4 rings (SSSR count). The topological polar surface area (TPSA) is 88.2 Å². The number of nitrogens with zero attached hydrogens (tertiary/aromatic N) is 1. The van der Waals surface area contributed by atoms with Crippen molar-refractivity contribution in [1.29, 1.82) is 0 Å². The molecule has 1 fully saturated rings. The van der Waals surface area contributed by atoms with Gasteiger partial charge in [0.05, 0.1) is 10.6 Å². The van der Waals surface area contributed by atoms with E-state index in [4.69, 9.17) is 11.6 Å². The number of thiazole rings is 1. The third-order valence-electron chi connectivity index (χ3n) is 4.17. The van der Waals surface area contributed by atoms with E-state index in [2.05, 4.69) is 15.0 Å². The molecule has 6 nitrogen and oxygen atoms in total. The average molecular weight is 434 g/mol. The van der Waals surface area contributed by atoms with Crippen molar-refractivity contribution in [3.05, 3.63) is 64.5 Å². The van der Waals surface area contributed by atoms with Gasteiger partial charge in [-0.05, 0) is 43.2 Å². The number of amides is 1. The Morgan fingerprint density at radius 1 is 1.14 bits per heavy atom. The summed E-state index contributed by atoms with van der Waals surface area (Å²) in [6.07, 6.45) is 1.69. The molecule has 1 aromatic heterocycles. The molecule has 0 aliphatic heterocycles. The number of halogens is 1. The highest BCUT2D eigenvalue weighted by Gasteiger charge is 2.28. The number of rotatable bonds is 6. The van der Waals surface area contributed by atoms with E-state index >= 15 is 0 Å².